The summed E-state index contributed by atoms with van der Waals surface area (Å²) in [6.07, 6.45) is 0.402. The van der Waals surface area contributed by atoms with Crippen LogP contribution in [0.2, 0.25) is 0 Å². The minimum absolute atomic E-state index is 0.0150. The monoisotopic (exact) mass is 254 g/mol. The largest absolute Gasteiger partial charge is 0.383 e. The molecule has 1 aromatic carbocycles. The van der Waals surface area contributed by atoms with Crippen LogP contribution in [0.3, 0.4) is 0 Å². The first kappa shape index (κ1) is 14.6. The molecule has 0 radical (unpaired) electrons. The molecule has 4 nitrogen and oxygen atoms in total. The molecule has 5 heteroatoms. The molecule has 2 N–H and O–H groups in total. The van der Waals surface area contributed by atoms with Crippen LogP contribution < -0.4 is 10.6 Å². The number of nitrogens with one attached hydrogen (secondary N) is 2. The highest BCUT2D eigenvalue weighted by molar-refractivity contribution is 5.75. The second kappa shape index (κ2) is 8.60. The topological polar surface area (TPSA) is 50.4 Å². The Labute approximate surface area is 107 Å². The Morgan fingerprint density at radius 2 is 2.22 bits per heavy atom. The summed E-state index contributed by atoms with van der Waals surface area (Å²) in [7, 11) is 1.59. The van der Waals surface area contributed by atoms with E-state index in [4.69, 9.17) is 4.74 Å². The van der Waals surface area contributed by atoms with Crippen LogP contribution in [0.25, 0.3) is 0 Å². The lowest BCUT2D eigenvalue weighted by molar-refractivity contribution is -0.121. The van der Waals surface area contributed by atoms with Gasteiger partial charge in [0, 0.05) is 33.2 Å². The summed E-state index contributed by atoms with van der Waals surface area (Å²) in [6.45, 7) is 2.17. The van der Waals surface area contributed by atoms with E-state index in [9.17, 15) is 9.18 Å². The quantitative estimate of drug-likeness (QED) is 0.682. The summed E-state index contributed by atoms with van der Waals surface area (Å²) in [5.41, 5.74) is 0.870. The maximum Gasteiger partial charge on any atom is 0.221 e. The Morgan fingerprint density at radius 1 is 1.39 bits per heavy atom. The van der Waals surface area contributed by atoms with E-state index >= 15 is 0 Å². The normalized spacial score (nSPS) is 10.3. The molecule has 0 saturated carbocycles. The average Bonchev–Trinajstić information content (AvgIpc) is 2.35. The third-order valence-electron chi connectivity index (χ3n) is 2.38. The maximum absolute atomic E-state index is 12.9. The molecular weight excluding hydrogens is 235 g/mol. The molecule has 0 spiro atoms. The molecule has 0 unspecified atom stereocenters. The smallest absolute Gasteiger partial charge is 0.221 e. The van der Waals surface area contributed by atoms with Crippen molar-refractivity contribution in [3.05, 3.63) is 35.6 Å². The molecule has 0 aliphatic carbocycles. The predicted molar refractivity (Wildman–Crippen MR) is 67.6 cm³/mol. The van der Waals surface area contributed by atoms with Crippen molar-refractivity contribution in [3.63, 3.8) is 0 Å². The summed E-state index contributed by atoms with van der Waals surface area (Å²) in [6, 6.07) is 6.40. The van der Waals surface area contributed by atoms with Crippen LogP contribution in [0, 0.1) is 5.82 Å². The Morgan fingerprint density at radius 3 is 2.94 bits per heavy atom. The van der Waals surface area contributed by atoms with Crippen molar-refractivity contribution in [1.29, 1.82) is 0 Å². The van der Waals surface area contributed by atoms with Crippen LogP contribution in [-0.4, -0.2) is 32.7 Å². The Hall–Kier alpha value is -1.46. The van der Waals surface area contributed by atoms with Gasteiger partial charge >= 0.3 is 0 Å². The van der Waals surface area contributed by atoms with E-state index in [1.807, 2.05) is 6.07 Å². The first-order valence-electron chi connectivity index (χ1n) is 5.93. The summed E-state index contributed by atoms with van der Waals surface area (Å²) in [5.74, 6) is -0.259. The highest BCUT2D eigenvalue weighted by Gasteiger charge is 2.00. The molecule has 0 fully saturated rings. The fraction of sp³-hybridized carbons (Fsp3) is 0.462. The Balaban J connectivity index is 2.09. The van der Waals surface area contributed by atoms with Crippen molar-refractivity contribution < 1.29 is 13.9 Å². The van der Waals surface area contributed by atoms with Crippen molar-refractivity contribution >= 4 is 5.91 Å². The van der Waals surface area contributed by atoms with Gasteiger partial charge < -0.3 is 15.4 Å². The van der Waals surface area contributed by atoms with Crippen LogP contribution in [0.4, 0.5) is 4.39 Å². The number of rotatable bonds is 8. The molecule has 18 heavy (non-hydrogen) atoms. The van der Waals surface area contributed by atoms with Gasteiger partial charge in [-0.1, -0.05) is 12.1 Å². The van der Waals surface area contributed by atoms with Gasteiger partial charge in [-0.3, -0.25) is 4.79 Å². The maximum atomic E-state index is 12.9. The number of benzene rings is 1. The SMILES string of the molecule is COCCNC(=O)CCNCc1cccc(F)c1. The van der Waals surface area contributed by atoms with Crippen molar-refractivity contribution in [3.8, 4) is 0 Å². The zero-order valence-electron chi connectivity index (χ0n) is 10.5. The van der Waals surface area contributed by atoms with E-state index in [0.717, 1.165) is 5.56 Å². The lowest BCUT2D eigenvalue weighted by atomic mass is 10.2. The first-order valence-corrected chi connectivity index (χ1v) is 5.93. The van der Waals surface area contributed by atoms with E-state index in [0.29, 0.717) is 32.7 Å². The molecule has 0 aliphatic rings. The Bertz CT molecular complexity index is 372. The van der Waals surface area contributed by atoms with E-state index in [1.165, 1.54) is 12.1 Å². The number of amides is 1. The zero-order chi connectivity index (χ0) is 13.2. The van der Waals surface area contributed by atoms with E-state index < -0.39 is 0 Å². The van der Waals surface area contributed by atoms with E-state index in [-0.39, 0.29) is 11.7 Å². The number of halogens is 1. The van der Waals surface area contributed by atoms with Gasteiger partial charge in [-0.2, -0.15) is 0 Å². The lowest BCUT2D eigenvalue weighted by Gasteiger charge is -2.06. The van der Waals surface area contributed by atoms with Crippen molar-refractivity contribution in [1.82, 2.24) is 10.6 Å². The molecule has 1 aromatic rings. The van der Waals surface area contributed by atoms with Gasteiger partial charge in [-0.05, 0) is 17.7 Å². The summed E-state index contributed by atoms with van der Waals surface area (Å²) in [4.78, 5) is 11.3. The van der Waals surface area contributed by atoms with Crippen LogP contribution in [0.1, 0.15) is 12.0 Å². The molecule has 0 heterocycles. The number of hydrogen-bond acceptors (Lipinski definition) is 3. The highest BCUT2D eigenvalue weighted by atomic mass is 19.1. The van der Waals surface area contributed by atoms with Crippen LogP contribution in [0.15, 0.2) is 24.3 Å². The fourth-order valence-electron chi connectivity index (χ4n) is 1.46. The molecule has 0 atom stereocenters. The summed E-state index contributed by atoms with van der Waals surface area (Å²) < 4.78 is 17.7. The van der Waals surface area contributed by atoms with Gasteiger partial charge in [0.05, 0.1) is 6.61 Å². The molecule has 1 rings (SSSR count). The van der Waals surface area contributed by atoms with E-state index in [2.05, 4.69) is 10.6 Å². The second-order valence-electron chi connectivity index (χ2n) is 3.90. The first-order chi connectivity index (χ1) is 8.72. The van der Waals surface area contributed by atoms with Crippen LogP contribution in [-0.2, 0) is 16.1 Å². The number of hydrogen-bond donors (Lipinski definition) is 2. The van der Waals surface area contributed by atoms with Crippen molar-refractivity contribution in [2.45, 2.75) is 13.0 Å². The van der Waals surface area contributed by atoms with E-state index in [1.54, 1.807) is 13.2 Å². The summed E-state index contributed by atoms with van der Waals surface area (Å²) >= 11 is 0. The molecule has 0 aliphatic heterocycles. The average molecular weight is 254 g/mol. The number of ether oxygens (including phenoxy) is 1. The number of methoxy groups -OCH3 is 1. The molecule has 100 valence electrons. The molecule has 0 saturated heterocycles. The highest BCUT2D eigenvalue weighted by Crippen LogP contribution is 2.02. The van der Waals surface area contributed by atoms with Crippen LogP contribution >= 0.6 is 0 Å². The van der Waals surface area contributed by atoms with Gasteiger partial charge in [0.2, 0.25) is 5.91 Å². The summed E-state index contributed by atoms with van der Waals surface area (Å²) in [5, 5.41) is 5.82. The van der Waals surface area contributed by atoms with Crippen LogP contribution in [0.5, 0.6) is 0 Å². The fourth-order valence-corrected chi connectivity index (χ4v) is 1.46. The molecule has 0 bridgehead atoms. The predicted octanol–water partition coefficient (Wildman–Crippen LogP) is 1.07. The zero-order valence-corrected chi connectivity index (χ0v) is 10.5. The second-order valence-corrected chi connectivity index (χ2v) is 3.90. The molecule has 0 aromatic heterocycles. The number of carbonyl (C=O) groups excluding carboxylic acids is 1. The lowest BCUT2D eigenvalue weighted by Crippen LogP contribution is -2.29. The van der Waals surface area contributed by atoms with Gasteiger partial charge in [0.1, 0.15) is 5.82 Å². The third-order valence-corrected chi connectivity index (χ3v) is 2.38. The van der Waals surface area contributed by atoms with Gasteiger partial charge in [-0.15, -0.1) is 0 Å². The van der Waals surface area contributed by atoms with Crippen molar-refractivity contribution in [2.75, 3.05) is 26.8 Å². The van der Waals surface area contributed by atoms with Gasteiger partial charge in [-0.25, -0.2) is 4.39 Å². The molecular formula is C13H19FN2O2. The van der Waals surface area contributed by atoms with Gasteiger partial charge in [0.15, 0.2) is 0 Å². The minimum atomic E-state index is -0.244. The van der Waals surface area contributed by atoms with Gasteiger partial charge in [0.25, 0.3) is 0 Å². The molecule has 1 amide bonds. The third kappa shape index (κ3) is 6.32. The number of carbonyl (C=O) groups is 1. The Kier molecular flexibility index (Phi) is 6.98. The van der Waals surface area contributed by atoms with Crippen molar-refractivity contribution in [2.24, 2.45) is 0 Å². The minimum Gasteiger partial charge on any atom is -0.383 e. The standard InChI is InChI=1S/C13H19FN2O2/c1-18-8-7-16-13(17)5-6-15-10-11-3-2-4-12(14)9-11/h2-4,9,15H,5-8,10H2,1H3,(H,16,17).